The van der Waals surface area contributed by atoms with Gasteiger partial charge in [-0.1, -0.05) is 13.8 Å². The van der Waals surface area contributed by atoms with Crippen LogP contribution in [0.5, 0.6) is 0 Å². The topological polar surface area (TPSA) is 62.5 Å². The lowest BCUT2D eigenvalue weighted by Crippen LogP contribution is -2.40. The number of alkyl halides is 3. The van der Waals surface area contributed by atoms with Crippen molar-refractivity contribution in [2.45, 2.75) is 33.0 Å². The van der Waals surface area contributed by atoms with Crippen molar-refractivity contribution in [3.05, 3.63) is 16.1 Å². The van der Waals surface area contributed by atoms with Crippen molar-refractivity contribution in [3.63, 3.8) is 0 Å². The standard InChI is InChI=1S/C14H23F3N4OS/c1-3-20(4-2)7-8-21(6-5-14(15,16)17)13(22)11-10-23-12(9-18)19-11/h10H,3-9,18H2,1-2H3. The molecule has 0 spiro atoms. The first-order chi connectivity index (χ1) is 10.8. The second-order valence-electron chi connectivity index (χ2n) is 5.01. The first-order valence-electron chi connectivity index (χ1n) is 7.53. The number of hydrogen-bond acceptors (Lipinski definition) is 5. The zero-order chi connectivity index (χ0) is 17.5. The molecule has 0 fully saturated rings. The number of likely N-dealkylation sites (N-methyl/N-ethyl adjacent to an activating group) is 1. The molecule has 1 aromatic rings. The summed E-state index contributed by atoms with van der Waals surface area (Å²) >= 11 is 1.24. The molecule has 0 bridgehead atoms. The highest BCUT2D eigenvalue weighted by Crippen LogP contribution is 2.20. The molecule has 23 heavy (non-hydrogen) atoms. The predicted octanol–water partition coefficient (Wildman–Crippen LogP) is 2.34. The van der Waals surface area contributed by atoms with Gasteiger partial charge in [-0.2, -0.15) is 13.2 Å². The number of rotatable bonds is 9. The quantitative estimate of drug-likeness (QED) is 0.741. The van der Waals surface area contributed by atoms with Gasteiger partial charge < -0.3 is 15.5 Å². The van der Waals surface area contributed by atoms with Gasteiger partial charge in [0.2, 0.25) is 0 Å². The summed E-state index contributed by atoms with van der Waals surface area (Å²) in [7, 11) is 0. The minimum absolute atomic E-state index is 0.164. The molecule has 5 nitrogen and oxygen atoms in total. The second-order valence-corrected chi connectivity index (χ2v) is 5.96. The van der Waals surface area contributed by atoms with E-state index in [1.807, 2.05) is 13.8 Å². The highest BCUT2D eigenvalue weighted by Gasteiger charge is 2.29. The zero-order valence-electron chi connectivity index (χ0n) is 13.4. The molecule has 0 atom stereocenters. The molecule has 0 saturated heterocycles. The van der Waals surface area contributed by atoms with Crippen LogP contribution in [0.1, 0.15) is 35.8 Å². The molecule has 1 amide bonds. The van der Waals surface area contributed by atoms with Crippen molar-refractivity contribution in [3.8, 4) is 0 Å². The molecule has 1 aromatic heterocycles. The minimum Gasteiger partial charge on any atom is -0.336 e. The molecule has 0 unspecified atom stereocenters. The monoisotopic (exact) mass is 352 g/mol. The Kier molecular flexibility index (Phi) is 7.93. The SMILES string of the molecule is CCN(CC)CCN(CCC(F)(F)F)C(=O)c1csc(CN)n1. The average Bonchev–Trinajstić information content (AvgIpc) is 2.98. The van der Waals surface area contributed by atoms with Crippen molar-refractivity contribution in [1.29, 1.82) is 0 Å². The highest BCUT2D eigenvalue weighted by atomic mass is 32.1. The van der Waals surface area contributed by atoms with Gasteiger partial charge >= 0.3 is 6.18 Å². The number of hydrogen-bond donors (Lipinski definition) is 1. The molecular formula is C14H23F3N4OS. The van der Waals surface area contributed by atoms with Crippen LogP contribution in [-0.2, 0) is 6.54 Å². The minimum atomic E-state index is -4.29. The van der Waals surface area contributed by atoms with E-state index in [1.54, 1.807) is 5.38 Å². The molecule has 0 saturated carbocycles. The normalized spacial score (nSPS) is 12.0. The van der Waals surface area contributed by atoms with Crippen LogP contribution in [0, 0.1) is 0 Å². The number of carbonyl (C=O) groups is 1. The molecule has 2 N–H and O–H groups in total. The van der Waals surface area contributed by atoms with E-state index >= 15 is 0 Å². The van der Waals surface area contributed by atoms with E-state index in [-0.39, 0.29) is 25.3 Å². The molecule has 1 heterocycles. The number of carbonyl (C=O) groups excluding carboxylic acids is 1. The van der Waals surface area contributed by atoms with Crippen molar-refractivity contribution in [2.75, 3.05) is 32.7 Å². The summed E-state index contributed by atoms with van der Waals surface area (Å²) in [6.45, 7) is 6.13. The largest absolute Gasteiger partial charge is 0.390 e. The number of thiazole rings is 1. The van der Waals surface area contributed by atoms with E-state index in [0.29, 0.717) is 11.6 Å². The zero-order valence-corrected chi connectivity index (χ0v) is 14.2. The van der Waals surface area contributed by atoms with Crippen molar-refractivity contribution in [1.82, 2.24) is 14.8 Å². The summed E-state index contributed by atoms with van der Waals surface area (Å²) in [6, 6.07) is 0. The van der Waals surface area contributed by atoms with Gasteiger partial charge in [-0.15, -0.1) is 11.3 Å². The third-order valence-electron chi connectivity index (χ3n) is 3.48. The molecular weight excluding hydrogens is 329 g/mol. The smallest absolute Gasteiger partial charge is 0.336 e. The van der Waals surface area contributed by atoms with Gasteiger partial charge in [-0.3, -0.25) is 4.79 Å². The Labute approximate surface area is 138 Å². The number of amides is 1. The van der Waals surface area contributed by atoms with Gasteiger partial charge in [0.15, 0.2) is 0 Å². The van der Waals surface area contributed by atoms with Gasteiger partial charge in [-0.05, 0) is 13.1 Å². The van der Waals surface area contributed by atoms with Crippen LogP contribution in [0.25, 0.3) is 0 Å². The van der Waals surface area contributed by atoms with E-state index in [0.717, 1.165) is 13.1 Å². The molecule has 132 valence electrons. The first kappa shape index (κ1) is 19.9. The lowest BCUT2D eigenvalue weighted by molar-refractivity contribution is -0.136. The highest BCUT2D eigenvalue weighted by molar-refractivity contribution is 7.09. The molecule has 9 heteroatoms. The maximum Gasteiger partial charge on any atom is 0.390 e. The Bertz CT molecular complexity index is 489. The Morgan fingerprint density at radius 1 is 1.26 bits per heavy atom. The van der Waals surface area contributed by atoms with Gasteiger partial charge in [0.1, 0.15) is 10.7 Å². The van der Waals surface area contributed by atoms with Crippen LogP contribution in [0.3, 0.4) is 0 Å². The molecule has 1 rings (SSSR count). The van der Waals surface area contributed by atoms with Crippen LogP contribution in [-0.4, -0.2) is 59.6 Å². The number of nitrogens with zero attached hydrogens (tertiary/aromatic N) is 3. The molecule has 0 aliphatic carbocycles. The van der Waals surface area contributed by atoms with Crippen LogP contribution in [0.2, 0.25) is 0 Å². The van der Waals surface area contributed by atoms with Crippen LogP contribution < -0.4 is 5.73 Å². The molecule has 0 aliphatic rings. The summed E-state index contributed by atoms with van der Waals surface area (Å²) in [5, 5.41) is 2.13. The number of nitrogens with two attached hydrogens (primary N) is 1. The molecule has 0 aliphatic heterocycles. The fourth-order valence-corrected chi connectivity index (χ4v) is 2.69. The maximum atomic E-state index is 12.5. The summed E-state index contributed by atoms with van der Waals surface area (Å²) < 4.78 is 37.5. The Balaban J connectivity index is 2.77. The second kappa shape index (κ2) is 9.19. The number of halogens is 3. The summed E-state index contributed by atoms with van der Waals surface area (Å²) in [5.41, 5.74) is 5.62. The maximum absolute atomic E-state index is 12.5. The third-order valence-corrected chi connectivity index (χ3v) is 4.35. The number of aromatic nitrogens is 1. The van der Waals surface area contributed by atoms with E-state index in [1.165, 1.54) is 16.2 Å². The predicted molar refractivity (Wildman–Crippen MR) is 84.4 cm³/mol. The van der Waals surface area contributed by atoms with E-state index in [9.17, 15) is 18.0 Å². The van der Waals surface area contributed by atoms with Crippen LogP contribution >= 0.6 is 11.3 Å². The Morgan fingerprint density at radius 2 is 1.91 bits per heavy atom. The fraction of sp³-hybridized carbons (Fsp3) is 0.714. The molecule has 0 aromatic carbocycles. The van der Waals surface area contributed by atoms with Gasteiger partial charge in [-0.25, -0.2) is 4.98 Å². The van der Waals surface area contributed by atoms with Crippen LogP contribution in [0.4, 0.5) is 13.2 Å². The van der Waals surface area contributed by atoms with Crippen LogP contribution in [0.15, 0.2) is 5.38 Å². The van der Waals surface area contributed by atoms with E-state index in [4.69, 9.17) is 5.73 Å². The van der Waals surface area contributed by atoms with Gasteiger partial charge in [0, 0.05) is 31.6 Å². The van der Waals surface area contributed by atoms with Crippen molar-refractivity contribution >= 4 is 17.2 Å². The van der Waals surface area contributed by atoms with Gasteiger partial charge in [0.25, 0.3) is 5.91 Å². The first-order valence-corrected chi connectivity index (χ1v) is 8.41. The fourth-order valence-electron chi connectivity index (χ4n) is 2.04. The van der Waals surface area contributed by atoms with E-state index in [2.05, 4.69) is 9.88 Å². The summed E-state index contributed by atoms with van der Waals surface area (Å²) in [4.78, 5) is 19.8. The average molecular weight is 352 g/mol. The summed E-state index contributed by atoms with van der Waals surface area (Å²) in [6.07, 6.45) is -5.32. The van der Waals surface area contributed by atoms with E-state index < -0.39 is 18.5 Å². The Hall–Kier alpha value is -1.19. The Morgan fingerprint density at radius 3 is 2.39 bits per heavy atom. The van der Waals surface area contributed by atoms with Crippen molar-refractivity contribution in [2.24, 2.45) is 5.73 Å². The lowest BCUT2D eigenvalue weighted by atomic mass is 10.3. The van der Waals surface area contributed by atoms with Crippen molar-refractivity contribution < 1.29 is 18.0 Å². The summed E-state index contributed by atoms with van der Waals surface area (Å²) in [5.74, 6) is -0.475. The third kappa shape index (κ3) is 6.84. The molecule has 0 radical (unpaired) electrons. The lowest BCUT2D eigenvalue weighted by Gasteiger charge is -2.26. The van der Waals surface area contributed by atoms with Gasteiger partial charge in [0.05, 0.1) is 6.42 Å².